The van der Waals surface area contributed by atoms with E-state index < -0.39 is 40.3 Å². The standard InChI is InChI=1S/C22H20O8/c1-21(2)6-5-10-3-4-11(23)15(19(10)30-21)17(25)14-12(24)9-13-16(18(14)26)22(27)7-8-28-20(22)29-13/h3-4,7-9,20,23-24,26-27H,5-6H2,1-2H3/t20-,22-/m0/s1. The van der Waals surface area contributed by atoms with Crippen LogP contribution in [-0.2, 0) is 16.8 Å². The van der Waals surface area contributed by atoms with Gasteiger partial charge in [0.25, 0.3) is 6.29 Å². The number of ether oxygens (including phenoxy) is 3. The molecule has 30 heavy (non-hydrogen) atoms. The van der Waals surface area contributed by atoms with Crippen LogP contribution in [-0.4, -0.2) is 38.1 Å². The highest BCUT2D eigenvalue weighted by Gasteiger charge is 2.54. The summed E-state index contributed by atoms with van der Waals surface area (Å²) in [4.78, 5) is 13.5. The molecule has 3 aliphatic heterocycles. The molecule has 156 valence electrons. The predicted molar refractivity (Wildman–Crippen MR) is 103 cm³/mol. The van der Waals surface area contributed by atoms with Gasteiger partial charge in [-0.1, -0.05) is 6.07 Å². The van der Waals surface area contributed by atoms with Crippen LogP contribution in [0.3, 0.4) is 0 Å². The molecule has 0 unspecified atom stereocenters. The van der Waals surface area contributed by atoms with E-state index in [0.717, 1.165) is 18.1 Å². The molecule has 0 saturated carbocycles. The Kier molecular flexibility index (Phi) is 3.62. The molecule has 0 fully saturated rings. The Morgan fingerprint density at radius 1 is 1.13 bits per heavy atom. The molecule has 0 radical (unpaired) electrons. The number of rotatable bonds is 2. The second-order valence-corrected chi connectivity index (χ2v) is 8.35. The number of aromatic hydroxyl groups is 3. The number of benzene rings is 2. The molecule has 3 aliphatic rings. The van der Waals surface area contributed by atoms with Gasteiger partial charge in [-0.2, -0.15) is 0 Å². The number of aryl methyl sites for hydroxylation is 1. The number of carbonyl (C=O) groups is 1. The van der Waals surface area contributed by atoms with Gasteiger partial charge in [0, 0.05) is 6.07 Å². The predicted octanol–water partition coefficient (Wildman–Crippen LogP) is 2.59. The van der Waals surface area contributed by atoms with Gasteiger partial charge >= 0.3 is 0 Å². The van der Waals surface area contributed by atoms with Crippen LogP contribution in [0.5, 0.6) is 28.7 Å². The molecule has 0 aromatic heterocycles. The first-order valence-corrected chi connectivity index (χ1v) is 9.52. The number of carbonyl (C=O) groups excluding carboxylic acids is 1. The number of phenols is 3. The molecule has 3 heterocycles. The smallest absolute Gasteiger partial charge is 0.277 e. The van der Waals surface area contributed by atoms with E-state index in [1.165, 1.54) is 18.4 Å². The SMILES string of the molecule is CC1(C)CCc2ccc(O)c(C(=O)c3c(O)cc4c(c3O)[C@@]3(O)C=CO[C@H]3O4)c2O1. The first kappa shape index (κ1) is 18.6. The van der Waals surface area contributed by atoms with E-state index in [1.54, 1.807) is 6.07 Å². The fourth-order valence-electron chi connectivity index (χ4n) is 4.20. The summed E-state index contributed by atoms with van der Waals surface area (Å²) in [5, 5.41) is 42.8. The molecular weight excluding hydrogens is 392 g/mol. The number of hydrogen-bond donors (Lipinski definition) is 4. The van der Waals surface area contributed by atoms with Crippen molar-refractivity contribution in [2.24, 2.45) is 0 Å². The zero-order chi connectivity index (χ0) is 21.4. The average molecular weight is 412 g/mol. The number of hydrogen-bond acceptors (Lipinski definition) is 8. The van der Waals surface area contributed by atoms with Gasteiger partial charge in [-0.3, -0.25) is 4.79 Å². The molecule has 8 nitrogen and oxygen atoms in total. The topological polar surface area (TPSA) is 126 Å². The molecule has 2 aromatic carbocycles. The Morgan fingerprint density at radius 3 is 2.67 bits per heavy atom. The zero-order valence-electron chi connectivity index (χ0n) is 16.3. The summed E-state index contributed by atoms with van der Waals surface area (Å²) < 4.78 is 16.6. The summed E-state index contributed by atoms with van der Waals surface area (Å²) in [6.45, 7) is 3.75. The van der Waals surface area contributed by atoms with E-state index in [4.69, 9.17) is 14.2 Å². The second kappa shape index (κ2) is 5.82. The van der Waals surface area contributed by atoms with Crippen molar-refractivity contribution >= 4 is 5.78 Å². The summed E-state index contributed by atoms with van der Waals surface area (Å²) in [6.07, 6.45) is 2.76. The van der Waals surface area contributed by atoms with Gasteiger partial charge in [0.05, 0.1) is 11.8 Å². The van der Waals surface area contributed by atoms with E-state index in [0.29, 0.717) is 6.42 Å². The molecule has 2 atom stereocenters. The average Bonchev–Trinajstić information content (AvgIpc) is 3.13. The van der Waals surface area contributed by atoms with Crippen LogP contribution in [0.1, 0.15) is 47.3 Å². The fraction of sp³-hybridized carbons (Fsp3) is 0.318. The van der Waals surface area contributed by atoms with Gasteiger partial charge in [0.2, 0.25) is 5.78 Å². The van der Waals surface area contributed by atoms with Crippen molar-refractivity contribution in [3.63, 3.8) is 0 Å². The highest BCUT2D eigenvalue weighted by molar-refractivity contribution is 6.16. The van der Waals surface area contributed by atoms with Crippen LogP contribution in [0.2, 0.25) is 0 Å². The molecule has 0 aliphatic carbocycles. The van der Waals surface area contributed by atoms with Gasteiger partial charge in [0.1, 0.15) is 45.5 Å². The van der Waals surface area contributed by atoms with E-state index >= 15 is 0 Å². The maximum atomic E-state index is 13.5. The van der Waals surface area contributed by atoms with Gasteiger partial charge in [0.15, 0.2) is 5.60 Å². The Hall–Kier alpha value is -3.39. The molecule has 0 bridgehead atoms. The number of fused-ring (bicyclic) bond motifs is 4. The van der Waals surface area contributed by atoms with Crippen molar-refractivity contribution in [3.8, 4) is 28.7 Å². The van der Waals surface area contributed by atoms with Crippen LogP contribution in [0.4, 0.5) is 0 Å². The Bertz CT molecular complexity index is 1130. The van der Waals surface area contributed by atoms with Gasteiger partial charge in [-0.05, 0) is 44.4 Å². The monoisotopic (exact) mass is 412 g/mol. The van der Waals surface area contributed by atoms with Gasteiger partial charge < -0.3 is 34.6 Å². The van der Waals surface area contributed by atoms with E-state index in [1.807, 2.05) is 13.8 Å². The highest BCUT2D eigenvalue weighted by Crippen LogP contribution is 2.54. The minimum Gasteiger partial charge on any atom is -0.507 e. The summed E-state index contributed by atoms with van der Waals surface area (Å²) in [7, 11) is 0. The lowest BCUT2D eigenvalue weighted by Crippen LogP contribution is -2.34. The first-order valence-electron chi connectivity index (χ1n) is 9.52. The maximum Gasteiger partial charge on any atom is 0.277 e. The molecule has 0 spiro atoms. The van der Waals surface area contributed by atoms with Crippen LogP contribution in [0, 0.1) is 0 Å². The molecule has 8 heteroatoms. The first-order chi connectivity index (χ1) is 14.1. The Balaban J connectivity index is 1.69. The van der Waals surface area contributed by atoms with Crippen molar-refractivity contribution in [3.05, 3.63) is 52.8 Å². The largest absolute Gasteiger partial charge is 0.507 e. The Labute approximate surface area is 171 Å². The van der Waals surface area contributed by atoms with Crippen molar-refractivity contribution in [2.75, 3.05) is 0 Å². The summed E-state index contributed by atoms with van der Waals surface area (Å²) >= 11 is 0. The van der Waals surface area contributed by atoms with Crippen molar-refractivity contribution in [1.29, 1.82) is 0 Å². The van der Waals surface area contributed by atoms with E-state index in [9.17, 15) is 25.2 Å². The quantitative estimate of drug-likeness (QED) is 0.555. The van der Waals surface area contributed by atoms with Crippen LogP contribution in [0.15, 0.2) is 30.5 Å². The maximum absolute atomic E-state index is 13.5. The molecule has 5 rings (SSSR count). The summed E-state index contributed by atoms with van der Waals surface area (Å²) in [6, 6.07) is 4.20. The van der Waals surface area contributed by atoms with Crippen molar-refractivity contribution < 1.29 is 39.4 Å². The minimum atomic E-state index is -1.81. The number of ketones is 1. The highest BCUT2D eigenvalue weighted by atomic mass is 16.7. The van der Waals surface area contributed by atoms with Crippen molar-refractivity contribution in [2.45, 2.75) is 44.2 Å². The van der Waals surface area contributed by atoms with E-state index in [2.05, 4.69) is 0 Å². The third-order valence-corrected chi connectivity index (χ3v) is 5.81. The van der Waals surface area contributed by atoms with Crippen LogP contribution < -0.4 is 9.47 Å². The third kappa shape index (κ3) is 2.40. The second-order valence-electron chi connectivity index (χ2n) is 8.35. The van der Waals surface area contributed by atoms with E-state index in [-0.39, 0.29) is 28.4 Å². The lowest BCUT2D eigenvalue weighted by molar-refractivity contribution is -0.110. The molecular formula is C22H20O8. The zero-order valence-corrected chi connectivity index (χ0v) is 16.3. The summed E-state index contributed by atoms with van der Waals surface area (Å²) in [5.41, 5.74) is -2.34. The van der Waals surface area contributed by atoms with Crippen LogP contribution >= 0.6 is 0 Å². The number of aliphatic hydroxyl groups is 1. The lowest BCUT2D eigenvalue weighted by Gasteiger charge is -2.33. The minimum absolute atomic E-state index is 0.00454. The molecule has 0 amide bonds. The van der Waals surface area contributed by atoms with Gasteiger partial charge in [-0.25, -0.2) is 0 Å². The lowest BCUT2D eigenvalue weighted by atomic mass is 9.87. The molecule has 0 saturated heterocycles. The summed E-state index contributed by atoms with van der Waals surface area (Å²) in [5.74, 6) is -2.18. The van der Waals surface area contributed by atoms with Crippen molar-refractivity contribution in [1.82, 2.24) is 0 Å². The fourth-order valence-corrected chi connectivity index (χ4v) is 4.20. The normalized spacial score (nSPS) is 24.8. The third-order valence-electron chi connectivity index (χ3n) is 5.81. The van der Waals surface area contributed by atoms with Crippen LogP contribution in [0.25, 0.3) is 0 Å². The Morgan fingerprint density at radius 2 is 1.90 bits per heavy atom. The molecule has 4 N–H and O–H groups in total. The van der Waals surface area contributed by atoms with Gasteiger partial charge in [-0.15, -0.1) is 0 Å². The number of phenolic OH excluding ortho intramolecular Hbond substituents is 3. The molecule has 2 aromatic rings.